The van der Waals surface area contributed by atoms with Crippen molar-refractivity contribution in [2.24, 2.45) is 0 Å². The van der Waals surface area contributed by atoms with Gasteiger partial charge in [0.2, 0.25) is 0 Å². The number of quaternary nitrogens is 1. The SMILES string of the molecule is [NH3+]CCSCc1cccs1. The second kappa shape index (κ2) is 4.77. The molecule has 0 spiro atoms. The Bertz CT molecular complexity index is 160. The molecule has 0 unspecified atom stereocenters. The summed E-state index contributed by atoms with van der Waals surface area (Å²) in [4.78, 5) is 1.47. The Morgan fingerprint density at radius 1 is 1.60 bits per heavy atom. The van der Waals surface area contributed by atoms with Gasteiger partial charge in [0, 0.05) is 16.4 Å². The summed E-state index contributed by atoms with van der Waals surface area (Å²) < 4.78 is 0. The smallest absolute Gasteiger partial charge is 0.0831 e. The average molecular weight is 174 g/mol. The molecule has 1 nitrogen and oxygen atoms in total. The van der Waals surface area contributed by atoms with Crippen LogP contribution in [0.25, 0.3) is 0 Å². The second-order valence-electron chi connectivity index (χ2n) is 1.99. The summed E-state index contributed by atoms with van der Waals surface area (Å²) in [5.74, 6) is 2.34. The van der Waals surface area contributed by atoms with E-state index in [-0.39, 0.29) is 0 Å². The first kappa shape index (κ1) is 8.11. The van der Waals surface area contributed by atoms with Gasteiger partial charge in [-0.05, 0) is 11.4 Å². The summed E-state index contributed by atoms with van der Waals surface area (Å²) >= 11 is 3.79. The second-order valence-corrected chi connectivity index (χ2v) is 4.12. The first-order chi connectivity index (χ1) is 4.93. The topological polar surface area (TPSA) is 27.6 Å². The van der Waals surface area contributed by atoms with Crippen molar-refractivity contribution in [2.75, 3.05) is 12.3 Å². The van der Waals surface area contributed by atoms with E-state index in [1.54, 1.807) is 0 Å². The molecular formula is C7H12NS2+. The van der Waals surface area contributed by atoms with Crippen LogP contribution in [0.2, 0.25) is 0 Å². The van der Waals surface area contributed by atoms with E-state index in [4.69, 9.17) is 0 Å². The molecule has 10 heavy (non-hydrogen) atoms. The molecule has 3 N–H and O–H groups in total. The lowest BCUT2D eigenvalue weighted by Crippen LogP contribution is -2.51. The number of hydrogen-bond donors (Lipinski definition) is 1. The summed E-state index contributed by atoms with van der Waals surface area (Å²) in [5.41, 5.74) is 3.79. The molecule has 0 bridgehead atoms. The van der Waals surface area contributed by atoms with Crippen molar-refractivity contribution in [1.82, 2.24) is 0 Å². The zero-order valence-corrected chi connectivity index (χ0v) is 7.51. The van der Waals surface area contributed by atoms with Gasteiger partial charge in [-0.15, -0.1) is 11.3 Å². The number of thiophene rings is 1. The van der Waals surface area contributed by atoms with Crippen LogP contribution in [-0.4, -0.2) is 12.3 Å². The minimum atomic E-state index is 1.04. The molecule has 0 fully saturated rings. The maximum atomic E-state index is 3.79. The van der Waals surface area contributed by atoms with Crippen molar-refractivity contribution < 1.29 is 5.73 Å². The third kappa shape index (κ3) is 2.73. The van der Waals surface area contributed by atoms with Crippen molar-refractivity contribution in [2.45, 2.75) is 5.75 Å². The van der Waals surface area contributed by atoms with E-state index in [2.05, 4.69) is 23.2 Å². The Labute approximate surface area is 69.6 Å². The standard InChI is InChI=1S/C7H11NS2/c8-3-5-9-6-7-2-1-4-10-7/h1-2,4H,3,5-6,8H2/p+1. The first-order valence-corrected chi connectivity index (χ1v) is 5.36. The van der Waals surface area contributed by atoms with E-state index in [1.165, 1.54) is 10.6 Å². The molecule has 1 aromatic rings. The Hall–Kier alpha value is 0.01000. The van der Waals surface area contributed by atoms with Crippen LogP contribution in [0.1, 0.15) is 4.88 Å². The Morgan fingerprint density at radius 2 is 2.50 bits per heavy atom. The summed E-state index contributed by atoms with van der Waals surface area (Å²) in [6, 6.07) is 4.28. The monoisotopic (exact) mass is 174 g/mol. The summed E-state index contributed by atoms with van der Waals surface area (Å²) in [6.07, 6.45) is 0. The molecular weight excluding hydrogens is 162 g/mol. The average Bonchev–Trinajstić information content (AvgIpc) is 2.41. The van der Waals surface area contributed by atoms with E-state index in [0.717, 1.165) is 12.3 Å². The lowest BCUT2D eigenvalue weighted by Gasteiger charge is -1.92. The molecule has 0 aliphatic rings. The Morgan fingerprint density at radius 3 is 3.10 bits per heavy atom. The third-order valence-electron chi connectivity index (χ3n) is 1.11. The van der Waals surface area contributed by atoms with Crippen LogP contribution in [0.5, 0.6) is 0 Å². The zero-order valence-electron chi connectivity index (χ0n) is 5.88. The molecule has 1 aromatic heterocycles. The van der Waals surface area contributed by atoms with Crippen molar-refractivity contribution >= 4 is 23.1 Å². The van der Waals surface area contributed by atoms with Crippen LogP contribution in [-0.2, 0) is 5.75 Å². The van der Waals surface area contributed by atoms with E-state index in [9.17, 15) is 0 Å². The van der Waals surface area contributed by atoms with Crippen molar-refractivity contribution in [3.63, 3.8) is 0 Å². The Kier molecular flexibility index (Phi) is 3.87. The van der Waals surface area contributed by atoms with Gasteiger partial charge in [0.1, 0.15) is 0 Å². The van der Waals surface area contributed by atoms with Gasteiger partial charge in [-0.25, -0.2) is 0 Å². The largest absolute Gasteiger partial charge is 0.357 e. The van der Waals surface area contributed by atoms with Crippen LogP contribution in [0.15, 0.2) is 17.5 Å². The van der Waals surface area contributed by atoms with Crippen LogP contribution in [0.3, 0.4) is 0 Å². The van der Waals surface area contributed by atoms with Gasteiger partial charge in [0.25, 0.3) is 0 Å². The highest BCUT2D eigenvalue weighted by Crippen LogP contribution is 2.15. The molecule has 0 aromatic carbocycles. The van der Waals surface area contributed by atoms with Gasteiger partial charge in [0.15, 0.2) is 0 Å². The fourth-order valence-electron chi connectivity index (χ4n) is 0.670. The molecule has 0 aliphatic heterocycles. The van der Waals surface area contributed by atoms with Gasteiger partial charge in [-0.1, -0.05) is 6.07 Å². The predicted molar refractivity (Wildman–Crippen MR) is 48.2 cm³/mol. The molecule has 1 rings (SSSR count). The number of thioether (sulfide) groups is 1. The van der Waals surface area contributed by atoms with E-state index < -0.39 is 0 Å². The van der Waals surface area contributed by atoms with Crippen LogP contribution < -0.4 is 5.73 Å². The predicted octanol–water partition coefficient (Wildman–Crippen LogP) is 1.22. The summed E-state index contributed by atoms with van der Waals surface area (Å²) in [6.45, 7) is 1.04. The lowest BCUT2D eigenvalue weighted by atomic mass is 10.5. The van der Waals surface area contributed by atoms with E-state index in [0.29, 0.717) is 0 Å². The molecule has 0 saturated carbocycles. The van der Waals surface area contributed by atoms with E-state index >= 15 is 0 Å². The lowest BCUT2D eigenvalue weighted by molar-refractivity contribution is -0.360. The highest BCUT2D eigenvalue weighted by atomic mass is 32.2. The highest BCUT2D eigenvalue weighted by Gasteiger charge is 1.92. The van der Waals surface area contributed by atoms with Crippen molar-refractivity contribution in [3.8, 4) is 0 Å². The van der Waals surface area contributed by atoms with Crippen LogP contribution >= 0.6 is 23.1 Å². The maximum Gasteiger partial charge on any atom is 0.0831 e. The van der Waals surface area contributed by atoms with Gasteiger partial charge in [0.05, 0.1) is 6.54 Å². The maximum absolute atomic E-state index is 3.79. The number of hydrogen-bond acceptors (Lipinski definition) is 2. The number of rotatable bonds is 4. The molecule has 56 valence electrons. The highest BCUT2D eigenvalue weighted by molar-refractivity contribution is 7.98. The normalized spacial score (nSPS) is 10.1. The summed E-state index contributed by atoms with van der Waals surface area (Å²) in [7, 11) is 0. The van der Waals surface area contributed by atoms with E-state index in [1.807, 2.05) is 23.1 Å². The van der Waals surface area contributed by atoms with Gasteiger partial charge in [-0.2, -0.15) is 11.8 Å². The third-order valence-corrected chi connectivity index (χ3v) is 3.26. The molecule has 0 saturated heterocycles. The molecule has 0 aliphatic carbocycles. The molecule has 0 amide bonds. The van der Waals surface area contributed by atoms with Crippen molar-refractivity contribution in [3.05, 3.63) is 22.4 Å². The van der Waals surface area contributed by atoms with Gasteiger partial charge < -0.3 is 5.73 Å². The van der Waals surface area contributed by atoms with Crippen LogP contribution in [0.4, 0.5) is 0 Å². The zero-order chi connectivity index (χ0) is 7.23. The van der Waals surface area contributed by atoms with Gasteiger partial charge in [-0.3, -0.25) is 0 Å². The van der Waals surface area contributed by atoms with Crippen LogP contribution in [0, 0.1) is 0 Å². The quantitative estimate of drug-likeness (QED) is 0.683. The van der Waals surface area contributed by atoms with Gasteiger partial charge >= 0.3 is 0 Å². The molecule has 0 atom stereocenters. The molecule has 1 heterocycles. The Balaban J connectivity index is 2.15. The first-order valence-electron chi connectivity index (χ1n) is 3.33. The fraction of sp³-hybridized carbons (Fsp3) is 0.429. The summed E-state index contributed by atoms with van der Waals surface area (Å²) in [5, 5.41) is 2.13. The minimum absolute atomic E-state index is 1.04. The molecule has 0 radical (unpaired) electrons. The fourth-order valence-corrected chi connectivity index (χ4v) is 2.33. The minimum Gasteiger partial charge on any atom is -0.357 e. The molecule has 3 heteroatoms. The van der Waals surface area contributed by atoms with Crippen molar-refractivity contribution in [1.29, 1.82) is 0 Å².